The van der Waals surface area contributed by atoms with Gasteiger partial charge in [0.05, 0.1) is 6.42 Å². The van der Waals surface area contributed by atoms with Gasteiger partial charge in [-0.1, -0.05) is 18.2 Å². The number of nitrogens with zero attached hydrogens (tertiary/aromatic N) is 2. The molecule has 1 fully saturated rings. The van der Waals surface area contributed by atoms with Crippen molar-refractivity contribution in [1.29, 1.82) is 0 Å². The summed E-state index contributed by atoms with van der Waals surface area (Å²) in [5, 5.41) is 0. The Kier molecular flexibility index (Phi) is 5.62. The van der Waals surface area contributed by atoms with E-state index in [4.69, 9.17) is 5.73 Å². The van der Waals surface area contributed by atoms with Crippen LogP contribution in [0.1, 0.15) is 29.5 Å². The first-order chi connectivity index (χ1) is 13.1. The number of carbonyl (C=O) groups excluding carboxylic acids is 3. The van der Waals surface area contributed by atoms with Crippen LogP contribution in [0.4, 0.5) is 13.2 Å². The minimum Gasteiger partial charge on any atom is -0.369 e. The van der Waals surface area contributed by atoms with Gasteiger partial charge in [-0.3, -0.25) is 14.4 Å². The molecular weight excluding hydrogens is 375 g/mol. The number of halogens is 3. The van der Waals surface area contributed by atoms with Crippen LogP contribution in [0.5, 0.6) is 0 Å². The third kappa shape index (κ3) is 4.63. The van der Waals surface area contributed by atoms with Crippen molar-refractivity contribution in [3.05, 3.63) is 34.9 Å². The molecule has 2 aliphatic rings. The van der Waals surface area contributed by atoms with E-state index in [2.05, 4.69) is 0 Å². The highest BCUT2D eigenvalue weighted by Crippen LogP contribution is 2.28. The molecule has 1 unspecified atom stereocenters. The molecule has 0 bridgehead atoms. The molecule has 2 N–H and O–H groups in total. The van der Waals surface area contributed by atoms with Crippen LogP contribution >= 0.6 is 0 Å². The minimum atomic E-state index is -4.44. The van der Waals surface area contributed by atoms with Crippen LogP contribution in [0.25, 0.3) is 0 Å². The summed E-state index contributed by atoms with van der Waals surface area (Å²) in [6.07, 6.45) is -3.69. The summed E-state index contributed by atoms with van der Waals surface area (Å²) in [4.78, 5) is 38.5. The van der Waals surface area contributed by atoms with E-state index in [-0.39, 0.29) is 31.7 Å². The molecule has 28 heavy (non-hydrogen) atoms. The quantitative estimate of drug-likeness (QED) is 0.834. The number of primary amides is 1. The zero-order valence-electron chi connectivity index (χ0n) is 15.3. The van der Waals surface area contributed by atoms with Crippen molar-refractivity contribution in [3.63, 3.8) is 0 Å². The Morgan fingerprint density at radius 3 is 2.61 bits per heavy atom. The van der Waals surface area contributed by atoms with Crippen LogP contribution in [0.2, 0.25) is 0 Å². The standard InChI is InChI=1S/C19H22F3N3O3/c20-19(21,22)11-25-6-4-13(9-17(25)27)18(28)24-7-5-15-12(8-16(23)26)2-1-3-14(15)10-24/h1-3,13H,4-11H2,(H2,23,26). The van der Waals surface area contributed by atoms with Gasteiger partial charge in [0, 0.05) is 32.0 Å². The Hall–Kier alpha value is -2.58. The van der Waals surface area contributed by atoms with E-state index in [0.29, 0.717) is 19.5 Å². The minimum absolute atomic E-state index is 0.0675. The fourth-order valence-electron chi connectivity index (χ4n) is 3.96. The Bertz CT molecular complexity index is 794. The lowest BCUT2D eigenvalue weighted by Crippen LogP contribution is -2.48. The summed E-state index contributed by atoms with van der Waals surface area (Å²) >= 11 is 0. The zero-order chi connectivity index (χ0) is 20.5. The molecule has 2 heterocycles. The number of nitrogens with two attached hydrogens (primary N) is 1. The highest BCUT2D eigenvalue weighted by Gasteiger charge is 2.39. The second-order valence-electron chi connectivity index (χ2n) is 7.33. The Balaban J connectivity index is 1.64. The number of benzene rings is 1. The van der Waals surface area contributed by atoms with E-state index in [1.165, 1.54) is 0 Å². The van der Waals surface area contributed by atoms with Gasteiger partial charge in [-0.25, -0.2) is 0 Å². The van der Waals surface area contributed by atoms with Crippen LogP contribution in [0, 0.1) is 5.92 Å². The zero-order valence-corrected chi connectivity index (χ0v) is 15.3. The normalized spacial score (nSPS) is 20.1. The first kappa shape index (κ1) is 20.2. The van der Waals surface area contributed by atoms with Crippen LogP contribution < -0.4 is 5.73 Å². The summed E-state index contributed by atoms with van der Waals surface area (Å²) in [5.41, 5.74) is 8.08. The molecule has 1 atom stereocenters. The lowest BCUT2D eigenvalue weighted by Gasteiger charge is -2.36. The fraction of sp³-hybridized carbons (Fsp3) is 0.526. The van der Waals surface area contributed by atoms with Gasteiger partial charge in [0.1, 0.15) is 6.54 Å². The molecule has 0 aromatic heterocycles. The summed E-state index contributed by atoms with van der Waals surface area (Å²) in [6, 6.07) is 5.54. The van der Waals surface area contributed by atoms with Crippen molar-refractivity contribution >= 4 is 17.7 Å². The van der Waals surface area contributed by atoms with E-state index in [0.717, 1.165) is 21.6 Å². The number of likely N-dealkylation sites (tertiary alicyclic amines) is 1. The van der Waals surface area contributed by atoms with Gasteiger partial charge in [0.25, 0.3) is 0 Å². The third-order valence-corrected chi connectivity index (χ3v) is 5.28. The molecule has 9 heteroatoms. The molecule has 152 valence electrons. The number of piperidine rings is 1. The number of alkyl halides is 3. The highest BCUT2D eigenvalue weighted by atomic mass is 19.4. The largest absolute Gasteiger partial charge is 0.406 e. The molecule has 3 amide bonds. The maximum atomic E-state index is 12.8. The maximum Gasteiger partial charge on any atom is 0.406 e. The molecule has 1 saturated heterocycles. The molecule has 1 aromatic rings. The summed E-state index contributed by atoms with van der Waals surface area (Å²) in [7, 11) is 0. The van der Waals surface area contributed by atoms with Crippen molar-refractivity contribution in [2.75, 3.05) is 19.6 Å². The van der Waals surface area contributed by atoms with Gasteiger partial charge in [0.15, 0.2) is 0 Å². The Labute approximate surface area is 160 Å². The van der Waals surface area contributed by atoms with Gasteiger partial charge in [-0.05, 0) is 29.5 Å². The average molecular weight is 397 g/mol. The van der Waals surface area contributed by atoms with Gasteiger partial charge >= 0.3 is 6.18 Å². The predicted molar refractivity (Wildman–Crippen MR) is 93.8 cm³/mol. The molecule has 0 aliphatic carbocycles. The number of hydrogen-bond donors (Lipinski definition) is 1. The second kappa shape index (κ2) is 7.81. The first-order valence-electron chi connectivity index (χ1n) is 9.15. The van der Waals surface area contributed by atoms with E-state index in [9.17, 15) is 27.6 Å². The molecule has 0 radical (unpaired) electrons. The monoisotopic (exact) mass is 397 g/mol. The topological polar surface area (TPSA) is 83.7 Å². The summed E-state index contributed by atoms with van der Waals surface area (Å²) < 4.78 is 37.5. The Morgan fingerprint density at radius 1 is 1.21 bits per heavy atom. The number of amides is 3. The summed E-state index contributed by atoms with van der Waals surface area (Å²) in [6.45, 7) is -0.537. The average Bonchev–Trinajstić information content (AvgIpc) is 2.61. The highest BCUT2D eigenvalue weighted by molar-refractivity contribution is 5.87. The van der Waals surface area contributed by atoms with Crippen molar-refractivity contribution in [3.8, 4) is 0 Å². The van der Waals surface area contributed by atoms with Crippen molar-refractivity contribution < 1.29 is 27.6 Å². The fourth-order valence-corrected chi connectivity index (χ4v) is 3.96. The van der Waals surface area contributed by atoms with Gasteiger partial charge in [-0.15, -0.1) is 0 Å². The predicted octanol–water partition coefficient (Wildman–Crippen LogP) is 1.40. The van der Waals surface area contributed by atoms with E-state index >= 15 is 0 Å². The van der Waals surface area contributed by atoms with Crippen LogP contribution in [-0.2, 0) is 33.8 Å². The molecule has 0 spiro atoms. The lowest BCUT2D eigenvalue weighted by molar-refractivity contribution is -0.166. The molecule has 6 nitrogen and oxygen atoms in total. The molecule has 3 rings (SSSR count). The van der Waals surface area contributed by atoms with Crippen LogP contribution in [0.15, 0.2) is 18.2 Å². The smallest absolute Gasteiger partial charge is 0.369 e. The third-order valence-electron chi connectivity index (χ3n) is 5.28. The molecule has 0 saturated carbocycles. The number of rotatable bonds is 4. The molecule has 1 aromatic carbocycles. The van der Waals surface area contributed by atoms with Crippen molar-refractivity contribution in [1.82, 2.24) is 9.80 Å². The van der Waals surface area contributed by atoms with E-state index < -0.39 is 30.5 Å². The number of carbonyl (C=O) groups is 3. The lowest BCUT2D eigenvalue weighted by atomic mass is 9.90. The van der Waals surface area contributed by atoms with E-state index in [1.54, 1.807) is 4.90 Å². The van der Waals surface area contributed by atoms with Crippen LogP contribution in [0.3, 0.4) is 0 Å². The SMILES string of the molecule is NC(=O)Cc1cccc2c1CCN(C(=O)C1CCN(CC(F)(F)F)C(=O)C1)C2. The first-order valence-corrected chi connectivity index (χ1v) is 9.15. The molecular formula is C19H22F3N3O3. The van der Waals surface area contributed by atoms with E-state index in [1.807, 2.05) is 18.2 Å². The second-order valence-corrected chi connectivity index (χ2v) is 7.33. The van der Waals surface area contributed by atoms with Crippen molar-refractivity contribution in [2.24, 2.45) is 11.7 Å². The Morgan fingerprint density at radius 2 is 1.96 bits per heavy atom. The molecule has 2 aliphatic heterocycles. The number of fused-ring (bicyclic) bond motifs is 1. The van der Waals surface area contributed by atoms with Crippen molar-refractivity contribution in [2.45, 2.75) is 38.4 Å². The number of hydrogen-bond acceptors (Lipinski definition) is 3. The maximum absolute atomic E-state index is 12.8. The van der Waals surface area contributed by atoms with Crippen LogP contribution in [-0.4, -0.2) is 53.3 Å². The van der Waals surface area contributed by atoms with Gasteiger partial charge < -0.3 is 15.5 Å². The summed E-state index contributed by atoms with van der Waals surface area (Å²) in [5.74, 6) is -1.85. The van der Waals surface area contributed by atoms with Gasteiger partial charge in [0.2, 0.25) is 17.7 Å². The van der Waals surface area contributed by atoms with Gasteiger partial charge in [-0.2, -0.15) is 13.2 Å².